The van der Waals surface area contributed by atoms with Gasteiger partial charge in [0.25, 0.3) is 0 Å². The molecule has 2 rings (SSSR count). The van der Waals surface area contributed by atoms with Gasteiger partial charge < -0.3 is 15.4 Å². The Balaban J connectivity index is 1.96. The lowest BCUT2D eigenvalue weighted by molar-refractivity contribution is 0.264. The van der Waals surface area contributed by atoms with Crippen molar-refractivity contribution in [3.63, 3.8) is 0 Å². The molecular formula is C14H23N3O. The van der Waals surface area contributed by atoms with Gasteiger partial charge in [-0.25, -0.2) is 0 Å². The predicted molar refractivity (Wildman–Crippen MR) is 74.8 cm³/mol. The van der Waals surface area contributed by atoms with Crippen LogP contribution in [0.2, 0.25) is 0 Å². The van der Waals surface area contributed by atoms with Crippen molar-refractivity contribution in [2.45, 2.75) is 19.0 Å². The zero-order chi connectivity index (χ0) is 13.1. The maximum Gasteiger partial charge on any atom is 0.141 e. The van der Waals surface area contributed by atoms with E-state index >= 15 is 0 Å². The number of likely N-dealkylation sites (tertiary alicyclic amines) is 1. The summed E-state index contributed by atoms with van der Waals surface area (Å²) in [6, 6.07) is 6.74. The second-order valence-corrected chi connectivity index (χ2v) is 5.22. The third kappa shape index (κ3) is 2.94. The van der Waals surface area contributed by atoms with E-state index in [0.717, 1.165) is 31.1 Å². The van der Waals surface area contributed by atoms with Gasteiger partial charge in [0.2, 0.25) is 0 Å². The molecule has 2 N–H and O–H groups in total. The quantitative estimate of drug-likeness (QED) is 0.819. The summed E-state index contributed by atoms with van der Waals surface area (Å²) < 4.78 is 5.17. The van der Waals surface area contributed by atoms with Gasteiger partial charge in [0.1, 0.15) is 5.75 Å². The van der Waals surface area contributed by atoms with Crippen molar-refractivity contribution in [2.24, 2.45) is 0 Å². The van der Waals surface area contributed by atoms with Crippen LogP contribution in [0.5, 0.6) is 5.75 Å². The summed E-state index contributed by atoms with van der Waals surface area (Å²) in [5.41, 5.74) is 7.91. The molecule has 0 aliphatic carbocycles. The maximum absolute atomic E-state index is 5.93. The van der Waals surface area contributed by atoms with Crippen LogP contribution in [0.15, 0.2) is 18.2 Å². The van der Waals surface area contributed by atoms with Gasteiger partial charge >= 0.3 is 0 Å². The first-order valence-electron chi connectivity index (χ1n) is 6.41. The molecule has 1 aliphatic rings. The molecule has 1 aromatic rings. The molecule has 0 radical (unpaired) electrons. The number of anilines is 1. The van der Waals surface area contributed by atoms with Gasteiger partial charge in [-0.15, -0.1) is 0 Å². The SMILES string of the molecule is COc1ccc(CN2CCC(N(C)C)C2)cc1N. The van der Waals surface area contributed by atoms with Gasteiger partial charge in [-0.1, -0.05) is 6.07 Å². The van der Waals surface area contributed by atoms with Crippen molar-refractivity contribution in [1.82, 2.24) is 9.80 Å². The van der Waals surface area contributed by atoms with Crippen LogP contribution in [0.3, 0.4) is 0 Å². The van der Waals surface area contributed by atoms with E-state index in [0.29, 0.717) is 6.04 Å². The number of rotatable bonds is 4. The number of hydrogen-bond acceptors (Lipinski definition) is 4. The summed E-state index contributed by atoms with van der Waals surface area (Å²) in [5.74, 6) is 0.756. The smallest absolute Gasteiger partial charge is 0.141 e. The van der Waals surface area contributed by atoms with Crippen molar-refractivity contribution in [1.29, 1.82) is 0 Å². The van der Waals surface area contributed by atoms with Crippen LogP contribution >= 0.6 is 0 Å². The lowest BCUT2D eigenvalue weighted by Crippen LogP contribution is -2.31. The van der Waals surface area contributed by atoms with Crippen LogP contribution in [0.1, 0.15) is 12.0 Å². The Morgan fingerprint density at radius 3 is 2.78 bits per heavy atom. The monoisotopic (exact) mass is 249 g/mol. The lowest BCUT2D eigenvalue weighted by Gasteiger charge is -2.20. The number of nitrogens with two attached hydrogens (primary N) is 1. The summed E-state index contributed by atoms with van der Waals surface area (Å²) in [5, 5.41) is 0. The molecule has 18 heavy (non-hydrogen) atoms. The minimum Gasteiger partial charge on any atom is -0.495 e. The van der Waals surface area contributed by atoms with E-state index in [2.05, 4.69) is 30.0 Å². The Bertz CT molecular complexity index is 406. The summed E-state index contributed by atoms with van der Waals surface area (Å²) >= 11 is 0. The van der Waals surface area contributed by atoms with E-state index in [1.54, 1.807) is 7.11 Å². The van der Waals surface area contributed by atoms with E-state index in [9.17, 15) is 0 Å². The molecule has 4 heteroatoms. The van der Waals surface area contributed by atoms with Gasteiger partial charge in [-0.2, -0.15) is 0 Å². The second-order valence-electron chi connectivity index (χ2n) is 5.22. The van der Waals surface area contributed by atoms with Crippen molar-refractivity contribution in [2.75, 3.05) is 40.0 Å². The molecule has 1 aromatic carbocycles. The first kappa shape index (κ1) is 13.2. The highest BCUT2D eigenvalue weighted by Gasteiger charge is 2.23. The molecule has 4 nitrogen and oxygen atoms in total. The number of hydrogen-bond donors (Lipinski definition) is 1. The van der Waals surface area contributed by atoms with Gasteiger partial charge in [-0.3, -0.25) is 4.90 Å². The van der Waals surface area contributed by atoms with Gasteiger partial charge in [0.15, 0.2) is 0 Å². The fraction of sp³-hybridized carbons (Fsp3) is 0.571. The first-order chi connectivity index (χ1) is 8.60. The molecule has 0 spiro atoms. The standard InChI is InChI=1S/C14H23N3O/c1-16(2)12-6-7-17(10-12)9-11-4-5-14(18-3)13(15)8-11/h4-5,8,12H,6-7,9-10,15H2,1-3H3. The highest BCUT2D eigenvalue weighted by atomic mass is 16.5. The Labute approximate surface area is 109 Å². The van der Waals surface area contributed by atoms with Crippen LogP contribution in [0, 0.1) is 0 Å². The van der Waals surface area contributed by atoms with E-state index in [4.69, 9.17) is 10.5 Å². The molecule has 1 fully saturated rings. The van der Waals surface area contributed by atoms with Crippen molar-refractivity contribution < 1.29 is 4.74 Å². The van der Waals surface area contributed by atoms with Gasteiger partial charge in [0.05, 0.1) is 12.8 Å². The summed E-state index contributed by atoms with van der Waals surface area (Å²) in [6.07, 6.45) is 1.25. The molecule has 1 aliphatic heterocycles. The molecule has 1 heterocycles. The van der Waals surface area contributed by atoms with Gasteiger partial charge in [-0.05, 0) is 38.2 Å². The average Bonchev–Trinajstić information content (AvgIpc) is 2.78. The third-order valence-corrected chi connectivity index (χ3v) is 3.68. The molecule has 1 unspecified atom stereocenters. The highest BCUT2D eigenvalue weighted by Crippen LogP contribution is 2.24. The van der Waals surface area contributed by atoms with Gasteiger partial charge in [0, 0.05) is 25.7 Å². The third-order valence-electron chi connectivity index (χ3n) is 3.68. The number of ether oxygens (including phenoxy) is 1. The highest BCUT2D eigenvalue weighted by molar-refractivity contribution is 5.54. The molecule has 0 aromatic heterocycles. The number of nitrogens with zero attached hydrogens (tertiary/aromatic N) is 2. The topological polar surface area (TPSA) is 41.7 Å². The molecule has 1 saturated heterocycles. The van der Waals surface area contributed by atoms with Crippen LogP contribution in [0.4, 0.5) is 5.69 Å². The number of nitrogen functional groups attached to an aromatic ring is 1. The second kappa shape index (κ2) is 5.59. The lowest BCUT2D eigenvalue weighted by atomic mass is 10.2. The molecule has 100 valence electrons. The average molecular weight is 249 g/mol. The Hall–Kier alpha value is -1.26. The molecule has 0 amide bonds. The number of benzene rings is 1. The van der Waals surface area contributed by atoms with E-state index in [1.807, 2.05) is 12.1 Å². The minimum absolute atomic E-state index is 0.681. The predicted octanol–water partition coefficient (Wildman–Crippen LogP) is 1.41. The number of likely N-dealkylation sites (N-methyl/N-ethyl adjacent to an activating group) is 1. The van der Waals surface area contributed by atoms with Crippen molar-refractivity contribution >= 4 is 5.69 Å². The van der Waals surface area contributed by atoms with E-state index < -0.39 is 0 Å². The zero-order valence-corrected chi connectivity index (χ0v) is 11.5. The fourth-order valence-electron chi connectivity index (χ4n) is 2.52. The normalized spacial score (nSPS) is 20.6. The molecule has 0 saturated carbocycles. The summed E-state index contributed by atoms with van der Waals surface area (Å²) in [7, 11) is 5.95. The molecular weight excluding hydrogens is 226 g/mol. The summed E-state index contributed by atoms with van der Waals surface area (Å²) in [4.78, 5) is 4.79. The fourth-order valence-corrected chi connectivity index (χ4v) is 2.52. The molecule has 0 bridgehead atoms. The maximum atomic E-state index is 5.93. The minimum atomic E-state index is 0.681. The van der Waals surface area contributed by atoms with E-state index in [1.165, 1.54) is 12.0 Å². The van der Waals surface area contributed by atoms with Crippen molar-refractivity contribution in [3.05, 3.63) is 23.8 Å². The van der Waals surface area contributed by atoms with Crippen LogP contribution in [-0.2, 0) is 6.54 Å². The van der Waals surface area contributed by atoms with E-state index in [-0.39, 0.29) is 0 Å². The Morgan fingerprint density at radius 2 is 2.22 bits per heavy atom. The Kier molecular flexibility index (Phi) is 4.09. The first-order valence-corrected chi connectivity index (χ1v) is 6.41. The molecule has 1 atom stereocenters. The largest absolute Gasteiger partial charge is 0.495 e. The Morgan fingerprint density at radius 1 is 1.44 bits per heavy atom. The van der Waals surface area contributed by atoms with Crippen molar-refractivity contribution in [3.8, 4) is 5.75 Å². The van der Waals surface area contributed by atoms with Crippen LogP contribution in [-0.4, -0.2) is 50.1 Å². The number of methoxy groups -OCH3 is 1. The van der Waals surface area contributed by atoms with Crippen LogP contribution < -0.4 is 10.5 Å². The van der Waals surface area contributed by atoms with Crippen LogP contribution in [0.25, 0.3) is 0 Å². The zero-order valence-electron chi connectivity index (χ0n) is 11.5. The summed E-state index contributed by atoms with van der Waals surface area (Å²) in [6.45, 7) is 3.27.